The summed E-state index contributed by atoms with van der Waals surface area (Å²) in [6.45, 7) is -3.23. The molecule has 12 N–H and O–H groups in total. The van der Waals surface area contributed by atoms with Crippen molar-refractivity contribution < 1.29 is 80.2 Å². The van der Waals surface area contributed by atoms with Crippen molar-refractivity contribution >= 4 is 0 Å². The van der Waals surface area contributed by atoms with Crippen molar-refractivity contribution in [3.63, 3.8) is 0 Å². The zero-order valence-corrected chi connectivity index (χ0v) is 17.9. The molecule has 2 saturated heterocycles. The third-order valence-corrected chi connectivity index (χ3v) is 5.74. The van der Waals surface area contributed by atoms with Gasteiger partial charge >= 0.3 is 0 Å². The van der Waals surface area contributed by atoms with E-state index in [1.165, 1.54) is 0 Å². The maximum atomic E-state index is 10.3. The van der Waals surface area contributed by atoms with Crippen LogP contribution >= 0.6 is 0 Å². The summed E-state index contributed by atoms with van der Waals surface area (Å²) in [4.78, 5) is 0. The molecule has 2 aliphatic heterocycles. The van der Waals surface area contributed by atoms with Crippen LogP contribution in [0, 0.1) is 0 Å². The minimum Gasteiger partial charge on any atom is -0.394 e. The van der Waals surface area contributed by atoms with E-state index < -0.39 is 112 Å². The first-order valence-electron chi connectivity index (χ1n) is 10.5. The molecule has 0 aromatic carbocycles. The zero-order chi connectivity index (χ0) is 25.7. The van der Waals surface area contributed by atoms with Crippen molar-refractivity contribution in [1.82, 2.24) is 0 Å². The van der Waals surface area contributed by atoms with Crippen molar-refractivity contribution in [3.05, 3.63) is 0 Å². The van der Waals surface area contributed by atoms with Crippen molar-refractivity contribution in [2.45, 2.75) is 85.8 Å². The van der Waals surface area contributed by atoms with Gasteiger partial charge in [-0.05, 0) is 0 Å². The normalized spacial score (nSPS) is 42.7. The van der Waals surface area contributed by atoms with Crippen LogP contribution in [0.1, 0.15) is 0 Å². The molecule has 0 unspecified atom stereocenters. The predicted octanol–water partition coefficient (Wildman–Crippen LogP) is -7.94. The van der Waals surface area contributed by atoms with Gasteiger partial charge in [0.1, 0.15) is 73.2 Å². The highest BCUT2D eigenvalue weighted by molar-refractivity contribution is 4.91. The number of aliphatic hydroxyl groups is 12. The van der Waals surface area contributed by atoms with Gasteiger partial charge < -0.3 is 80.2 Å². The minimum atomic E-state index is -2.05. The van der Waals surface area contributed by atoms with Crippen LogP contribution in [0.25, 0.3) is 0 Å². The van der Waals surface area contributed by atoms with Crippen LogP contribution in [0.15, 0.2) is 0 Å². The van der Waals surface area contributed by atoms with Gasteiger partial charge in [-0.25, -0.2) is 0 Å². The lowest BCUT2D eigenvalue weighted by molar-refractivity contribution is -0.324. The van der Waals surface area contributed by atoms with E-state index in [9.17, 15) is 56.2 Å². The fourth-order valence-electron chi connectivity index (χ4n) is 3.53. The molecule has 34 heavy (non-hydrogen) atoms. The van der Waals surface area contributed by atoms with Crippen molar-refractivity contribution in [1.29, 1.82) is 0 Å². The van der Waals surface area contributed by atoms with E-state index in [4.69, 9.17) is 24.1 Å². The summed E-state index contributed by atoms with van der Waals surface area (Å²) in [5, 5.41) is 118. The van der Waals surface area contributed by atoms with Crippen molar-refractivity contribution in [3.8, 4) is 0 Å². The Balaban J connectivity index is 1.95. The summed E-state index contributed by atoms with van der Waals surface area (Å²) >= 11 is 0. The van der Waals surface area contributed by atoms with Crippen LogP contribution in [0.5, 0.6) is 0 Å². The van der Waals surface area contributed by atoms with Gasteiger partial charge in [0.2, 0.25) is 0 Å². The lowest BCUT2D eigenvalue weighted by atomic mass is 9.98. The molecule has 0 aliphatic carbocycles. The minimum absolute atomic E-state index is 0.720. The molecule has 202 valence electrons. The van der Waals surface area contributed by atoms with Gasteiger partial charge in [0, 0.05) is 0 Å². The van der Waals surface area contributed by atoms with Gasteiger partial charge in [-0.1, -0.05) is 0 Å². The molecule has 2 aliphatic rings. The maximum absolute atomic E-state index is 10.3. The van der Waals surface area contributed by atoms with Gasteiger partial charge in [0.25, 0.3) is 0 Å². The molecule has 0 amide bonds. The maximum Gasteiger partial charge on any atom is 0.187 e. The highest BCUT2D eigenvalue weighted by Crippen LogP contribution is 2.25. The fourth-order valence-corrected chi connectivity index (χ4v) is 3.53. The highest BCUT2D eigenvalue weighted by atomic mass is 16.7. The summed E-state index contributed by atoms with van der Waals surface area (Å²) in [6.07, 6.45) is -24.1. The Morgan fingerprint density at radius 1 is 0.618 bits per heavy atom. The van der Waals surface area contributed by atoms with Gasteiger partial charge in [0.15, 0.2) is 12.6 Å². The first-order chi connectivity index (χ1) is 16.0. The second kappa shape index (κ2) is 13.1. The average molecular weight is 506 g/mol. The van der Waals surface area contributed by atoms with E-state index in [1.54, 1.807) is 0 Å². The Labute approximate surface area is 193 Å². The molecule has 16 heteroatoms. The number of hydrogen-bond donors (Lipinski definition) is 12. The van der Waals surface area contributed by atoms with Crippen LogP contribution in [-0.2, 0) is 18.9 Å². The summed E-state index contributed by atoms with van der Waals surface area (Å²) in [6, 6.07) is 0. The second-order valence-electron chi connectivity index (χ2n) is 8.13. The number of aliphatic hydroxyl groups excluding tert-OH is 12. The van der Waals surface area contributed by atoms with Crippen LogP contribution < -0.4 is 0 Å². The van der Waals surface area contributed by atoms with Gasteiger partial charge in [-0.15, -0.1) is 0 Å². The van der Waals surface area contributed by atoms with Crippen LogP contribution in [-0.4, -0.2) is 174 Å². The quantitative estimate of drug-likeness (QED) is 0.124. The number of hydrogen-bond acceptors (Lipinski definition) is 16. The van der Waals surface area contributed by atoms with E-state index in [1.807, 2.05) is 0 Å². The first-order valence-corrected chi connectivity index (χ1v) is 10.5. The predicted molar refractivity (Wildman–Crippen MR) is 103 cm³/mol. The summed E-state index contributed by atoms with van der Waals surface area (Å²) in [7, 11) is 0. The standard InChI is InChI=1S/C18H34O16/c19-1-6(33-18-16(30)14(28)12(26)8(3-21)34-18)10(24)9(23)5(22)4-31-17-15(29)13(27)11(25)7(2-20)32-17/h5-30H,1-4H2/t5-,6-,7-,8-,9-,10-,11-,12-,13+,14+,15+,16+,17+,18+/m1/s1. The molecule has 0 aromatic heterocycles. The molecular weight excluding hydrogens is 472 g/mol. The SMILES string of the molecule is OC[C@H]1O[C@H](O[C@H](CO)[C@@H](O)[C@H](O)[C@H](O)CO[C@H]2O[C@H](CO)[C@@H](O)[C@H](O)[C@@H]2O)[C@@H](O)[C@@H](O)[C@@H]1O. The Hall–Kier alpha value is -0.640. The van der Waals surface area contributed by atoms with E-state index >= 15 is 0 Å². The molecular formula is C18H34O16. The third kappa shape index (κ3) is 6.56. The second-order valence-corrected chi connectivity index (χ2v) is 8.13. The number of rotatable bonds is 11. The molecule has 0 bridgehead atoms. The molecule has 0 aromatic rings. The van der Waals surface area contributed by atoms with E-state index in [0.29, 0.717) is 0 Å². The Morgan fingerprint density at radius 2 is 1.09 bits per heavy atom. The monoisotopic (exact) mass is 506 g/mol. The van der Waals surface area contributed by atoms with E-state index in [0.717, 1.165) is 0 Å². The third-order valence-electron chi connectivity index (χ3n) is 5.74. The highest BCUT2D eigenvalue weighted by Gasteiger charge is 2.47. The molecule has 14 atom stereocenters. The van der Waals surface area contributed by atoms with Crippen LogP contribution in [0.4, 0.5) is 0 Å². The van der Waals surface area contributed by atoms with Crippen LogP contribution in [0.2, 0.25) is 0 Å². The molecule has 0 radical (unpaired) electrons. The van der Waals surface area contributed by atoms with Crippen molar-refractivity contribution in [2.24, 2.45) is 0 Å². The zero-order valence-electron chi connectivity index (χ0n) is 17.9. The molecule has 16 nitrogen and oxygen atoms in total. The Morgan fingerprint density at radius 3 is 1.56 bits per heavy atom. The Kier molecular flexibility index (Phi) is 11.4. The van der Waals surface area contributed by atoms with E-state index in [-0.39, 0.29) is 0 Å². The van der Waals surface area contributed by atoms with Crippen LogP contribution in [0.3, 0.4) is 0 Å². The summed E-state index contributed by atoms with van der Waals surface area (Å²) in [5.41, 5.74) is 0. The molecule has 2 heterocycles. The lowest BCUT2D eigenvalue weighted by Crippen LogP contribution is -2.61. The number of ether oxygens (including phenoxy) is 4. The lowest BCUT2D eigenvalue weighted by Gasteiger charge is -2.41. The van der Waals surface area contributed by atoms with Crippen molar-refractivity contribution in [2.75, 3.05) is 26.4 Å². The average Bonchev–Trinajstić information content (AvgIpc) is 2.84. The van der Waals surface area contributed by atoms with Gasteiger partial charge in [-0.2, -0.15) is 0 Å². The van der Waals surface area contributed by atoms with Gasteiger partial charge in [0.05, 0.1) is 26.4 Å². The Bertz CT molecular complexity index is 594. The summed E-state index contributed by atoms with van der Waals surface area (Å²) in [5.74, 6) is 0. The molecule has 0 saturated carbocycles. The smallest absolute Gasteiger partial charge is 0.187 e. The largest absolute Gasteiger partial charge is 0.394 e. The topological polar surface area (TPSA) is 280 Å². The van der Waals surface area contributed by atoms with E-state index in [2.05, 4.69) is 0 Å². The molecule has 2 rings (SSSR count). The molecule has 2 fully saturated rings. The molecule has 0 spiro atoms. The first kappa shape index (κ1) is 29.6. The fraction of sp³-hybridized carbons (Fsp3) is 1.00. The summed E-state index contributed by atoms with van der Waals surface area (Å²) < 4.78 is 20.4. The van der Waals surface area contributed by atoms with Gasteiger partial charge in [-0.3, -0.25) is 0 Å².